The molecule has 0 bridgehead atoms. The van der Waals surface area contributed by atoms with Gasteiger partial charge in [0, 0.05) is 39.9 Å². The Hall–Kier alpha value is -5.08. The van der Waals surface area contributed by atoms with Gasteiger partial charge in [-0.15, -0.1) is 0 Å². The summed E-state index contributed by atoms with van der Waals surface area (Å²) in [6, 6.07) is 39.6. The summed E-state index contributed by atoms with van der Waals surface area (Å²) in [5.74, 6) is 0. The Morgan fingerprint density at radius 3 is 1.85 bits per heavy atom. The van der Waals surface area contributed by atoms with Crippen LogP contribution in [0.15, 0.2) is 140 Å². The van der Waals surface area contributed by atoms with E-state index in [9.17, 15) is 0 Å². The molecule has 2 heterocycles. The van der Waals surface area contributed by atoms with Crippen LogP contribution in [-0.2, 0) is 0 Å². The Labute approximate surface area is 241 Å². The number of nitrogens with zero attached hydrogens (tertiary/aromatic N) is 2. The second kappa shape index (κ2) is 10.1. The summed E-state index contributed by atoms with van der Waals surface area (Å²) >= 11 is 0. The molecule has 0 saturated carbocycles. The van der Waals surface area contributed by atoms with Crippen molar-refractivity contribution < 1.29 is 0 Å². The summed E-state index contributed by atoms with van der Waals surface area (Å²) in [5.41, 5.74) is 13.2. The largest absolute Gasteiger partial charge is 0.337 e. The molecule has 0 unspecified atom stereocenters. The number of hydrogen-bond acceptors (Lipinski definition) is 1. The average molecular weight is 529 g/mol. The standard InChI is InChI=1S/C39H32N2/c1-27-13-5-4-12-24-40(37-17-9-6-14-34(27)37)30-20-22-32(28(2)25-30)33-23-21-31(26-29(33)3)41-38-18-10-7-15-35(38)36-16-8-11-19-39(36)41/h4-23,25-26H,1,24H2,2-3H3/b12-4-,13-5-. The van der Waals surface area contributed by atoms with Crippen molar-refractivity contribution >= 4 is 38.8 Å². The normalized spacial score (nSPS) is 14.9. The fourth-order valence-corrected chi connectivity index (χ4v) is 6.24. The van der Waals surface area contributed by atoms with Crippen molar-refractivity contribution in [2.75, 3.05) is 11.4 Å². The van der Waals surface area contributed by atoms with Crippen molar-refractivity contribution in [3.8, 4) is 16.8 Å². The molecular formula is C39H32N2. The van der Waals surface area contributed by atoms with Crippen molar-refractivity contribution in [3.05, 3.63) is 157 Å². The van der Waals surface area contributed by atoms with Gasteiger partial charge in [0.15, 0.2) is 0 Å². The second-order valence-electron chi connectivity index (χ2n) is 10.8. The first-order valence-electron chi connectivity index (χ1n) is 14.2. The Bertz CT molecular complexity index is 1960. The molecule has 0 spiro atoms. The van der Waals surface area contributed by atoms with Crippen LogP contribution in [0.25, 0.3) is 44.2 Å². The minimum Gasteiger partial charge on any atom is -0.337 e. The summed E-state index contributed by atoms with van der Waals surface area (Å²) in [6.07, 6.45) is 8.46. The van der Waals surface area contributed by atoms with Crippen molar-refractivity contribution in [2.45, 2.75) is 13.8 Å². The Balaban J connectivity index is 1.29. The van der Waals surface area contributed by atoms with E-state index in [2.05, 4.69) is 163 Å². The first-order valence-corrected chi connectivity index (χ1v) is 14.2. The zero-order chi connectivity index (χ0) is 27.9. The predicted molar refractivity (Wildman–Crippen MR) is 176 cm³/mol. The number of rotatable bonds is 3. The third-order valence-electron chi connectivity index (χ3n) is 8.23. The zero-order valence-corrected chi connectivity index (χ0v) is 23.5. The van der Waals surface area contributed by atoms with E-state index in [1.807, 2.05) is 0 Å². The molecule has 5 aromatic carbocycles. The number of benzene rings is 5. The first kappa shape index (κ1) is 24.9. The number of hydrogen-bond donors (Lipinski definition) is 0. The number of allylic oxidation sites excluding steroid dienone is 4. The summed E-state index contributed by atoms with van der Waals surface area (Å²) in [5, 5.41) is 2.57. The Kier molecular flexibility index (Phi) is 6.17. The van der Waals surface area contributed by atoms with Crippen molar-refractivity contribution in [3.63, 3.8) is 0 Å². The maximum Gasteiger partial charge on any atom is 0.0541 e. The van der Waals surface area contributed by atoms with Crippen LogP contribution in [0.3, 0.4) is 0 Å². The molecule has 0 aliphatic carbocycles. The van der Waals surface area contributed by atoms with E-state index in [1.54, 1.807) is 0 Å². The van der Waals surface area contributed by atoms with E-state index in [0.29, 0.717) is 0 Å². The van der Waals surface area contributed by atoms with E-state index in [4.69, 9.17) is 0 Å². The van der Waals surface area contributed by atoms with Gasteiger partial charge in [0.2, 0.25) is 0 Å². The van der Waals surface area contributed by atoms with Gasteiger partial charge in [-0.3, -0.25) is 0 Å². The molecule has 0 saturated heterocycles. The number of aryl methyl sites for hydroxylation is 2. The van der Waals surface area contributed by atoms with Crippen LogP contribution in [0.4, 0.5) is 11.4 Å². The van der Waals surface area contributed by atoms with E-state index in [1.165, 1.54) is 61.1 Å². The number of para-hydroxylation sites is 3. The van der Waals surface area contributed by atoms with Gasteiger partial charge in [0.1, 0.15) is 0 Å². The maximum atomic E-state index is 4.32. The van der Waals surface area contributed by atoms with Crippen LogP contribution in [0.1, 0.15) is 16.7 Å². The Morgan fingerprint density at radius 1 is 0.585 bits per heavy atom. The highest BCUT2D eigenvalue weighted by Crippen LogP contribution is 2.38. The SMILES string of the molecule is C=C1/C=C\C=C/CN(c2ccc(-c3ccc(-n4c5ccccc5c5ccccc54)cc3C)c(C)c2)c2ccccc21. The zero-order valence-electron chi connectivity index (χ0n) is 23.5. The van der Waals surface area contributed by atoms with Gasteiger partial charge in [-0.05, 0) is 84.1 Å². The highest BCUT2D eigenvalue weighted by atomic mass is 15.1. The topological polar surface area (TPSA) is 8.17 Å². The van der Waals surface area contributed by atoms with Crippen LogP contribution in [0.5, 0.6) is 0 Å². The lowest BCUT2D eigenvalue weighted by Crippen LogP contribution is -2.18. The lowest BCUT2D eigenvalue weighted by molar-refractivity contribution is 1.09. The molecule has 1 aliphatic heterocycles. The van der Waals surface area contributed by atoms with Crippen molar-refractivity contribution in [1.29, 1.82) is 0 Å². The van der Waals surface area contributed by atoms with Crippen LogP contribution in [-0.4, -0.2) is 11.1 Å². The molecule has 1 aliphatic rings. The van der Waals surface area contributed by atoms with E-state index in [0.717, 1.165) is 17.7 Å². The van der Waals surface area contributed by atoms with E-state index >= 15 is 0 Å². The maximum absolute atomic E-state index is 4.32. The predicted octanol–water partition coefficient (Wildman–Crippen LogP) is 10.3. The monoisotopic (exact) mass is 528 g/mol. The van der Waals surface area contributed by atoms with Crippen molar-refractivity contribution in [2.24, 2.45) is 0 Å². The summed E-state index contributed by atoms with van der Waals surface area (Å²) in [4.78, 5) is 2.37. The quantitative estimate of drug-likeness (QED) is 0.222. The van der Waals surface area contributed by atoms with Gasteiger partial charge in [-0.1, -0.05) is 97.6 Å². The molecule has 0 amide bonds. The molecule has 2 heteroatoms. The van der Waals surface area contributed by atoms with E-state index in [-0.39, 0.29) is 0 Å². The summed E-state index contributed by atoms with van der Waals surface area (Å²) < 4.78 is 2.38. The summed E-state index contributed by atoms with van der Waals surface area (Å²) in [6.45, 7) is 9.55. The minimum absolute atomic E-state index is 0.792. The van der Waals surface area contributed by atoms with Crippen LogP contribution < -0.4 is 4.90 Å². The first-order chi connectivity index (χ1) is 20.1. The van der Waals surface area contributed by atoms with Gasteiger partial charge in [0.05, 0.1) is 11.0 Å². The number of aromatic nitrogens is 1. The molecule has 198 valence electrons. The molecule has 7 rings (SSSR count). The van der Waals surface area contributed by atoms with Gasteiger partial charge in [-0.25, -0.2) is 0 Å². The molecule has 0 fully saturated rings. The Morgan fingerprint density at radius 2 is 1.17 bits per heavy atom. The minimum atomic E-state index is 0.792. The molecule has 0 atom stereocenters. The van der Waals surface area contributed by atoms with Gasteiger partial charge < -0.3 is 9.47 Å². The number of anilines is 2. The number of fused-ring (bicyclic) bond motifs is 4. The van der Waals surface area contributed by atoms with Crippen molar-refractivity contribution in [1.82, 2.24) is 4.57 Å². The van der Waals surface area contributed by atoms with Gasteiger partial charge in [0.25, 0.3) is 0 Å². The van der Waals surface area contributed by atoms with Gasteiger partial charge in [-0.2, -0.15) is 0 Å². The fourth-order valence-electron chi connectivity index (χ4n) is 6.24. The lowest BCUT2D eigenvalue weighted by Gasteiger charge is -2.27. The van der Waals surface area contributed by atoms with E-state index < -0.39 is 0 Å². The molecule has 41 heavy (non-hydrogen) atoms. The summed E-state index contributed by atoms with van der Waals surface area (Å²) in [7, 11) is 0. The smallest absolute Gasteiger partial charge is 0.0541 e. The highest BCUT2D eigenvalue weighted by molar-refractivity contribution is 6.09. The van der Waals surface area contributed by atoms with Gasteiger partial charge >= 0.3 is 0 Å². The lowest BCUT2D eigenvalue weighted by atomic mass is 9.95. The second-order valence-corrected chi connectivity index (χ2v) is 10.8. The highest BCUT2D eigenvalue weighted by Gasteiger charge is 2.17. The average Bonchev–Trinajstić information content (AvgIpc) is 3.36. The third kappa shape index (κ3) is 4.29. The molecule has 0 radical (unpaired) electrons. The molecule has 2 nitrogen and oxygen atoms in total. The molecule has 6 aromatic rings. The van der Waals surface area contributed by atoms with Crippen LogP contribution in [0.2, 0.25) is 0 Å². The van der Waals surface area contributed by atoms with Crippen LogP contribution >= 0.6 is 0 Å². The fraction of sp³-hybridized carbons (Fsp3) is 0.0769. The molecule has 0 N–H and O–H groups in total. The molecule has 1 aromatic heterocycles. The molecular weight excluding hydrogens is 496 g/mol. The third-order valence-corrected chi connectivity index (χ3v) is 8.23. The van der Waals surface area contributed by atoms with Crippen LogP contribution in [0, 0.1) is 13.8 Å².